The summed E-state index contributed by atoms with van der Waals surface area (Å²) in [5.41, 5.74) is 0.941. The largest absolute Gasteiger partial charge is 0.345 e. The molecule has 0 aliphatic carbocycles. The molecule has 0 saturated heterocycles. The molecule has 0 fully saturated rings. The minimum atomic E-state index is -0.445. The van der Waals surface area contributed by atoms with Crippen molar-refractivity contribution < 1.29 is 9.59 Å². The maximum atomic E-state index is 12.0. The fraction of sp³-hybridized carbons (Fsp3) is 0.143. The van der Waals surface area contributed by atoms with E-state index in [1.165, 1.54) is 29.6 Å². The third-order valence-corrected chi connectivity index (χ3v) is 2.99. The normalized spacial score (nSPS) is 10.0. The van der Waals surface area contributed by atoms with Crippen molar-refractivity contribution in [3.63, 3.8) is 0 Å². The highest BCUT2D eigenvalue weighted by Crippen LogP contribution is 2.24. The van der Waals surface area contributed by atoms with Crippen molar-refractivity contribution >= 4 is 29.1 Å². The Balaban J connectivity index is 2.26. The zero-order valence-corrected chi connectivity index (χ0v) is 12.3. The maximum absolute atomic E-state index is 12.0. The van der Waals surface area contributed by atoms with E-state index in [0.29, 0.717) is 16.3 Å². The molecule has 0 saturated carbocycles. The van der Waals surface area contributed by atoms with Crippen LogP contribution in [-0.4, -0.2) is 40.8 Å². The summed E-state index contributed by atoms with van der Waals surface area (Å²) in [6.07, 6.45) is 4.24. The number of carbonyl (C=O) groups excluding carboxylic acids is 2. The van der Waals surface area contributed by atoms with Crippen LogP contribution in [0.15, 0.2) is 36.8 Å². The molecule has 1 N–H and O–H groups in total. The van der Waals surface area contributed by atoms with Gasteiger partial charge in [0.05, 0.1) is 16.9 Å². The van der Waals surface area contributed by atoms with Crippen LogP contribution in [0.5, 0.6) is 0 Å². The molecular weight excluding hydrogens is 292 g/mol. The molecule has 0 unspecified atom stereocenters. The molecule has 1 heterocycles. The van der Waals surface area contributed by atoms with E-state index in [2.05, 4.69) is 15.3 Å². The highest BCUT2D eigenvalue weighted by atomic mass is 35.5. The number of aromatic nitrogens is 2. The Hall–Kier alpha value is -2.47. The lowest BCUT2D eigenvalue weighted by atomic mass is 10.1. The fourth-order valence-corrected chi connectivity index (χ4v) is 1.78. The first kappa shape index (κ1) is 14.9. The Labute approximate surface area is 126 Å². The molecule has 7 heteroatoms. The van der Waals surface area contributed by atoms with Crippen molar-refractivity contribution in [3.05, 3.63) is 53.1 Å². The fourth-order valence-electron chi connectivity index (χ4n) is 1.61. The van der Waals surface area contributed by atoms with E-state index in [1.807, 2.05) is 0 Å². The number of hydrogen-bond acceptors (Lipinski definition) is 4. The Morgan fingerprint density at radius 3 is 2.62 bits per heavy atom. The summed E-state index contributed by atoms with van der Waals surface area (Å²) >= 11 is 6.04. The minimum absolute atomic E-state index is 0.165. The molecule has 1 aromatic heterocycles. The van der Waals surface area contributed by atoms with Gasteiger partial charge in [-0.2, -0.15) is 0 Å². The molecule has 2 rings (SSSR count). The van der Waals surface area contributed by atoms with Gasteiger partial charge in [-0.05, 0) is 18.2 Å². The number of halogens is 1. The van der Waals surface area contributed by atoms with Gasteiger partial charge in [-0.1, -0.05) is 11.6 Å². The summed E-state index contributed by atoms with van der Waals surface area (Å²) in [6.45, 7) is 0. The second kappa shape index (κ2) is 6.32. The molecule has 108 valence electrons. The van der Waals surface area contributed by atoms with Crippen LogP contribution < -0.4 is 5.32 Å². The number of nitrogens with one attached hydrogen (secondary N) is 1. The summed E-state index contributed by atoms with van der Waals surface area (Å²) in [5.74, 6) is -0.624. The van der Waals surface area contributed by atoms with Crippen LogP contribution in [0.3, 0.4) is 0 Å². The highest BCUT2D eigenvalue weighted by molar-refractivity contribution is 6.34. The molecular formula is C14H13ClN4O2. The lowest BCUT2D eigenvalue weighted by Gasteiger charge is -2.12. The van der Waals surface area contributed by atoms with E-state index in [0.717, 1.165) is 0 Å². The highest BCUT2D eigenvalue weighted by Gasteiger charge is 2.14. The Bertz CT molecular complexity index is 674. The second-order valence-corrected chi connectivity index (χ2v) is 4.85. The van der Waals surface area contributed by atoms with Crippen LogP contribution in [0.4, 0.5) is 5.69 Å². The van der Waals surface area contributed by atoms with Gasteiger partial charge in [0.25, 0.3) is 11.8 Å². The van der Waals surface area contributed by atoms with Gasteiger partial charge in [0.2, 0.25) is 0 Å². The van der Waals surface area contributed by atoms with Gasteiger partial charge < -0.3 is 10.2 Å². The summed E-state index contributed by atoms with van der Waals surface area (Å²) in [4.78, 5) is 33.1. The van der Waals surface area contributed by atoms with Crippen molar-refractivity contribution in [2.45, 2.75) is 0 Å². The van der Waals surface area contributed by atoms with Gasteiger partial charge >= 0.3 is 0 Å². The molecule has 0 aliphatic heterocycles. The SMILES string of the molecule is CN(C)C(=O)c1ccc(Cl)c(NC(=O)c2cnccn2)c1. The molecule has 0 aliphatic rings. The van der Waals surface area contributed by atoms with Crippen LogP contribution >= 0.6 is 11.6 Å². The van der Waals surface area contributed by atoms with E-state index in [-0.39, 0.29) is 11.6 Å². The Morgan fingerprint density at radius 2 is 2.00 bits per heavy atom. The first-order valence-electron chi connectivity index (χ1n) is 6.07. The predicted molar refractivity (Wildman–Crippen MR) is 79.5 cm³/mol. The van der Waals surface area contributed by atoms with Gasteiger partial charge in [0, 0.05) is 32.1 Å². The summed E-state index contributed by atoms with van der Waals surface area (Å²) < 4.78 is 0. The topological polar surface area (TPSA) is 75.2 Å². The zero-order valence-electron chi connectivity index (χ0n) is 11.5. The number of hydrogen-bond donors (Lipinski definition) is 1. The minimum Gasteiger partial charge on any atom is -0.345 e. The molecule has 2 amide bonds. The summed E-state index contributed by atoms with van der Waals surface area (Å²) in [7, 11) is 3.30. The number of nitrogens with zero attached hydrogens (tertiary/aromatic N) is 3. The molecule has 6 nitrogen and oxygen atoms in total. The lowest BCUT2D eigenvalue weighted by Crippen LogP contribution is -2.22. The van der Waals surface area contributed by atoms with Crippen molar-refractivity contribution in [2.24, 2.45) is 0 Å². The van der Waals surface area contributed by atoms with Crippen LogP contribution in [0.25, 0.3) is 0 Å². The molecule has 2 aromatic rings. The summed E-state index contributed by atoms with van der Waals surface area (Å²) in [6, 6.07) is 4.69. The van der Waals surface area contributed by atoms with E-state index in [9.17, 15) is 9.59 Å². The van der Waals surface area contributed by atoms with Crippen molar-refractivity contribution in [1.82, 2.24) is 14.9 Å². The molecule has 1 aromatic carbocycles. The maximum Gasteiger partial charge on any atom is 0.275 e. The average molecular weight is 305 g/mol. The van der Waals surface area contributed by atoms with Crippen molar-refractivity contribution in [3.8, 4) is 0 Å². The van der Waals surface area contributed by atoms with Gasteiger partial charge in [0.1, 0.15) is 5.69 Å². The number of amides is 2. The first-order valence-corrected chi connectivity index (χ1v) is 6.45. The molecule has 0 bridgehead atoms. The number of carbonyl (C=O) groups is 2. The van der Waals surface area contributed by atoms with Gasteiger partial charge in [-0.15, -0.1) is 0 Å². The molecule has 0 radical (unpaired) electrons. The van der Waals surface area contributed by atoms with E-state index >= 15 is 0 Å². The van der Waals surface area contributed by atoms with Crippen LogP contribution in [0, 0.1) is 0 Å². The van der Waals surface area contributed by atoms with Gasteiger partial charge in [0.15, 0.2) is 0 Å². The third kappa shape index (κ3) is 3.55. The number of anilines is 1. The summed E-state index contributed by atoms with van der Waals surface area (Å²) in [5, 5.41) is 2.95. The van der Waals surface area contributed by atoms with E-state index in [4.69, 9.17) is 11.6 Å². The smallest absolute Gasteiger partial charge is 0.275 e. The lowest BCUT2D eigenvalue weighted by molar-refractivity contribution is 0.0827. The molecule has 21 heavy (non-hydrogen) atoms. The Kier molecular flexibility index (Phi) is 4.49. The van der Waals surface area contributed by atoms with E-state index < -0.39 is 5.91 Å². The molecule has 0 atom stereocenters. The van der Waals surface area contributed by atoms with Crippen LogP contribution in [0.2, 0.25) is 5.02 Å². The zero-order chi connectivity index (χ0) is 15.4. The molecule has 0 spiro atoms. The standard InChI is InChI=1S/C14H13ClN4O2/c1-19(2)14(21)9-3-4-10(15)11(7-9)18-13(20)12-8-16-5-6-17-12/h3-8H,1-2H3,(H,18,20). The van der Waals surface area contributed by atoms with E-state index in [1.54, 1.807) is 26.2 Å². The van der Waals surface area contributed by atoms with Crippen LogP contribution in [0.1, 0.15) is 20.8 Å². The monoisotopic (exact) mass is 304 g/mol. The van der Waals surface area contributed by atoms with Gasteiger partial charge in [-0.3, -0.25) is 14.6 Å². The second-order valence-electron chi connectivity index (χ2n) is 4.44. The van der Waals surface area contributed by atoms with Crippen LogP contribution in [-0.2, 0) is 0 Å². The van der Waals surface area contributed by atoms with Crippen molar-refractivity contribution in [2.75, 3.05) is 19.4 Å². The quantitative estimate of drug-likeness (QED) is 0.942. The first-order chi connectivity index (χ1) is 9.99. The Morgan fingerprint density at radius 1 is 1.24 bits per heavy atom. The number of benzene rings is 1. The average Bonchev–Trinajstić information content (AvgIpc) is 2.49. The number of rotatable bonds is 3. The van der Waals surface area contributed by atoms with Crippen molar-refractivity contribution in [1.29, 1.82) is 0 Å². The third-order valence-electron chi connectivity index (χ3n) is 2.66. The van der Waals surface area contributed by atoms with Gasteiger partial charge in [-0.25, -0.2) is 4.98 Å². The predicted octanol–water partition coefficient (Wildman–Crippen LogP) is 2.08.